The minimum atomic E-state index is -0.000980. The molecule has 0 heterocycles. The van der Waals surface area contributed by atoms with Crippen LogP contribution in [0.4, 0.5) is 5.69 Å². The summed E-state index contributed by atoms with van der Waals surface area (Å²) in [7, 11) is 0. The number of benzene rings is 4. The molecule has 1 atom stereocenters. The van der Waals surface area contributed by atoms with Crippen LogP contribution in [-0.4, -0.2) is 0 Å². The van der Waals surface area contributed by atoms with Crippen LogP contribution < -0.4 is 4.90 Å². The fraction of sp³-hybridized carbons (Fsp3) is 0.100. The van der Waals surface area contributed by atoms with Gasteiger partial charge in [0.25, 0.3) is 0 Å². The molecule has 4 aromatic carbocycles. The first-order valence-corrected chi connectivity index (χ1v) is 12.2. The highest BCUT2D eigenvalue weighted by atomic mass is 79.9. The summed E-state index contributed by atoms with van der Waals surface area (Å²) in [5.74, 6) is 0. The van der Waals surface area contributed by atoms with E-state index in [2.05, 4.69) is 130 Å². The van der Waals surface area contributed by atoms with Crippen molar-refractivity contribution in [1.82, 2.24) is 0 Å². The summed E-state index contributed by atoms with van der Waals surface area (Å²) < 4.78 is 0. The number of halogens is 1. The van der Waals surface area contributed by atoms with Crippen LogP contribution in [0.5, 0.6) is 0 Å². The fourth-order valence-corrected chi connectivity index (χ4v) is 5.17. The minimum Gasteiger partial charge on any atom is -0.350 e. The third-order valence-corrected chi connectivity index (χ3v) is 6.82. The first-order chi connectivity index (χ1) is 16.3. The quantitative estimate of drug-likeness (QED) is 0.257. The Hall–Kier alpha value is -3.61. The van der Waals surface area contributed by atoms with E-state index in [0.717, 1.165) is 11.3 Å². The van der Waals surface area contributed by atoms with Crippen LogP contribution in [-0.2, 0) is 5.33 Å². The molecule has 0 saturated heterocycles. The van der Waals surface area contributed by atoms with Crippen LogP contribution in [0.2, 0.25) is 0 Å². The Morgan fingerprint density at radius 3 is 2.09 bits per heavy atom. The molecule has 2 nitrogen and oxygen atoms in total. The Balaban J connectivity index is 1.77. The molecule has 0 aromatic heterocycles. The topological polar surface area (TPSA) is 27.0 Å². The van der Waals surface area contributed by atoms with E-state index in [9.17, 15) is 5.26 Å². The molecule has 0 radical (unpaired) electrons. The molecule has 0 saturated carbocycles. The average Bonchev–Trinajstić information content (AvgIpc) is 3.32. The smallest absolute Gasteiger partial charge is 0.0991 e. The zero-order chi connectivity index (χ0) is 22.6. The zero-order valence-electron chi connectivity index (χ0n) is 18.1. The van der Waals surface area contributed by atoms with Gasteiger partial charge in [0, 0.05) is 11.0 Å². The van der Waals surface area contributed by atoms with E-state index >= 15 is 0 Å². The molecule has 3 heteroatoms. The third kappa shape index (κ3) is 4.11. The van der Waals surface area contributed by atoms with E-state index in [1.54, 1.807) is 0 Å². The monoisotopic (exact) mass is 490 g/mol. The number of hydrogen-bond acceptors (Lipinski definition) is 2. The van der Waals surface area contributed by atoms with Crippen LogP contribution in [0.15, 0.2) is 109 Å². The molecule has 33 heavy (non-hydrogen) atoms. The average molecular weight is 491 g/mol. The lowest BCUT2D eigenvalue weighted by molar-refractivity contribution is 0.651. The van der Waals surface area contributed by atoms with Crippen LogP contribution in [0.1, 0.15) is 45.5 Å². The standard InChI is InChI=1S/C30H23BrN2/c31-20-26-19-22(21-32)15-17-28(26)33(29-18-16-23-9-7-8-14-27(23)29)30(24-10-3-1-4-11-24)25-12-5-2-6-13-25/h1-19,29-30H,20H2. The second-order valence-corrected chi connectivity index (χ2v) is 8.71. The van der Waals surface area contributed by atoms with Gasteiger partial charge >= 0.3 is 0 Å². The summed E-state index contributed by atoms with van der Waals surface area (Å²) in [4.78, 5) is 2.50. The van der Waals surface area contributed by atoms with Gasteiger partial charge in [0.15, 0.2) is 0 Å². The van der Waals surface area contributed by atoms with Gasteiger partial charge in [0.2, 0.25) is 0 Å². The molecule has 0 N–H and O–H groups in total. The Morgan fingerprint density at radius 2 is 1.45 bits per heavy atom. The van der Waals surface area contributed by atoms with Gasteiger partial charge in [-0.3, -0.25) is 0 Å². The van der Waals surface area contributed by atoms with Gasteiger partial charge in [-0.05, 0) is 46.0 Å². The van der Waals surface area contributed by atoms with Crippen molar-refractivity contribution in [2.45, 2.75) is 17.4 Å². The molecule has 4 aromatic rings. The highest BCUT2D eigenvalue weighted by Crippen LogP contribution is 2.45. The summed E-state index contributed by atoms with van der Waals surface area (Å²) in [5.41, 5.74) is 7.89. The van der Waals surface area contributed by atoms with Crippen molar-refractivity contribution in [3.8, 4) is 6.07 Å². The molecule has 0 fully saturated rings. The molecular formula is C30H23BrN2. The second-order valence-electron chi connectivity index (χ2n) is 8.15. The number of fused-ring (bicyclic) bond motifs is 1. The summed E-state index contributed by atoms with van der Waals surface area (Å²) in [6.45, 7) is 0. The van der Waals surface area contributed by atoms with Crippen molar-refractivity contribution in [2.75, 3.05) is 4.90 Å². The maximum atomic E-state index is 9.50. The van der Waals surface area contributed by atoms with Crippen molar-refractivity contribution in [1.29, 1.82) is 5.26 Å². The Morgan fingerprint density at radius 1 is 0.818 bits per heavy atom. The summed E-state index contributed by atoms with van der Waals surface area (Å²) in [6, 6.07) is 38.3. The van der Waals surface area contributed by atoms with Crippen molar-refractivity contribution in [2.24, 2.45) is 0 Å². The fourth-order valence-electron chi connectivity index (χ4n) is 4.72. The molecular weight excluding hydrogens is 468 g/mol. The highest BCUT2D eigenvalue weighted by Gasteiger charge is 2.33. The normalized spacial score (nSPS) is 14.2. The Bertz CT molecular complexity index is 1280. The first kappa shape index (κ1) is 21.2. The molecule has 5 rings (SSSR count). The van der Waals surface area contributed by atoms with Crippen molar-refractivity contribution < 1.29 is 0 Å². The first-order valence-electron chi connectivity index (χ1n) is 11.0. The van der Waals surface area contributed by atoms with Crippen LogP contribution in [0.3, 0.4) is 0 Å². The predicted octanol–water partition coefficient (Wildman–Crippen LogP) is 7.82. The number of anilines is 1. The molecule has 1 unspecified atom stereocenters. The van der Waals surface area contributed by atoms with Gasteiger partial charge in [-0.15, -0.1) is 0 Å². The molecule has 1 aliphatic carbocycles. The lowest BCUT2D eigenvalue weighted by Gasteiger charge is -2.40. The van der Waals surface area contributed by atoms with Gasteiger partial charge < -0.3 is 4.90 Å². The highest BCUT2D eigenvalue weighted by molar-refractivity contribution is 9.08. The number of alkyl halides is 1. The number of hydrogen-bond donors (Lipinski definition) is 0. The molecule has 0 amide bonds. The largest absolute Gasteiger partial charge is 0.350 e. The van der Waals surface area contributed by atoms with E-state index in [-0.39, 0.29) is 12.1 Å². The van der Waals surface area contributed by atoms with E-state index < -0.39 is 0 Å². The zero-order valence-corrected chi connectivity index (χ0v) is 19.7. The van der Waals surface area contributed by atoms with E-state index in [1.807, 2.05) is 12.1 Å². The molecule has 0 bridgehead atoms. The van der Waals surface area contributed by atoms with Crippen LogP contribution in [0, 0.1) is 11.3 Å². The maximum Gasteiger partial charge on any atom is 0.0991 e. The number of nitriles is 1. The van der Waals surface area contributed by atoms with Gasteiger partial charge in [0.1, 0.15) is 0 Å². The Labute approximate surface area is 203 Å². The second kappa shape index (κ2) is 9.48. The van der Waals surface area contributed by atoms with E-state index in [0.29, 0.717) is 10.9 Å². The lowest BCUT2D eigenvalue weighted by atomic mass is 9.92. The number of rotatable bonds is 6. The van der Waals surface area contributed by atoms with Crippen LogP contribution in [0.25, 0.3) is 6.08 Å². The van der Waals surface area contributed by atoms with E-state index in [1.165, 1.54) is 22.3 Å². The summed E-state index contributed by atoms with van der Waals surface area (Å²) in [6.07, 6.45) is 4.51. The summed E-state index contributed by atoms with van der Waals surface area (Å²) in [5, 5.41) is 10.2. The van der Waals surface area contributed by atoms with Gasteiger partial charge in [-0.25, -0.2) is 0 Å². The maximum absolute atomic E-state index is 9.50. The SMILES string of the molecule is N#Cc1ccc(N(C2C=Cc3ccccc32)C(c2ccccc2)c2ccccc2)c(CBr)c1. The molecule has 160 valence electrons. The van der Waals surface area contributed by atoms with Crippen LogP contribution >= 0.6 is 15.9 Å². The molecule has 1 aliphatic rings. The van der Waals surface area contributed by atoms with Gasteiger partial charge in [-0.1, -0.05) is 113 Å². The molecule has 0 spiro atoms. The van der Waals surface area contributed by atoms with Crippen molar-refractivity contribution in [3.05, 3.63) is 143 Å². The van der Waals surface area contributed by atoms with Crippen molar-refractivity contribution in [3.63, 3.8) is 0 Å². The van der Waals surface area contributed by atoms with Crippen molar-refractivity contribution >= 4 is 27.7 Å². The van der Waals surface area contributed by atoms with Gasteiger partial charge in [0.05, 0.1) is 23.7 Å². The molecule has 0 aliphatic heterocycles. The van der Waals surface area contributed by atoms with E-state index in [4.69, 9.17) is 0 Å². The van der Waals surface area contributed by atoms with Gasteiger partial charge in [-0.2, -0.15) is 5.26 Å². The minimum absolute atomic E-state index is 0.000980. The summed E-state index contributed by atoms with van der Waals surface area (Å²) >= 11 is 3.69. The third-order valence-electron chi connectivity index (χ3n) is 6.21. The lowest BCUT2D eigenvalue weighted by Crippen LogP contribution is -2.33. The Kier molecular flexibility index (Phi) is 6.11. The number of nitrogens with zero attached hydrogens (tertiary/aromatic N) is 2. The predicted molar refractivity (Wildman–Crippen MR) is 139 cm³/mol.